The molecule has 3 rings (SSSR count). The standard InChI is InChI=1S/C13H14BrNO2/c1-15-11-8-9(14)2-3-10(11)13(12(15)16)4-6-17-7-5-13/h2-3,8H,4-7H2,1H3. The van der Waals surface area contributed by atoms with E-state index >= 15 is 0 Å². The molecule has 1 saturated heterocycles. The summed E-state index contributed by atoms with van der Waals surface area (Å²) >= 11 is 3.46. The maximum atomic E-state index is 12.5. The first-order valence-electron chi connectivity index (χ1n) is 5.81. The number of ether oxygens (including phenoxy) is 1. The van der Waals surface area contributed by atoms with Gasteiger partial charge in [-0.1, -0.05) is 22.0 Å². The number of rotatable bonds is 0. The van der Waals surface area contributed by atoms with E-state index in [1.54, 1.807) is 4.90 Å². The highest BCUT2D eigenvalue weighted by molar-refractivity contribution is 9.10. The van der Waals surface area contributed by atoms with Gasteiger partial charge in [0.15, 0.2) is 0 Å². The van der Waals surface area contributed by atoms with Crippen LogP contribution in [0, 0.1) is 0 Å². The second-order valence-electron chi connectivity index (χ2n) is 4.72. The van der Waals surface area contributed by atoms with Crippen molar-refractivity contribution in [2.75, 3.05) is 25.2 Å². The number of fused-ring (bicyclic) bond motifs is 2. The fraction of sp³-hybridized carbons (Fsp3) is 0.462. The monoisotopic (exact) mass is 295 g/mol. The number of carbonyl (C=O) groups excluding carboxylic acids is 1. The van der Waals surface area contributed by atoms with Crippen LogP contribution >= 0.6 is 15.9 Å². The molecule has 0 bridgehead atoms. The summed E-state index contributed by atoms with van der Waals surface area (Å²) in [6.07, 6.45) is 1.59. The SMILES string of the molecule is CN1C(=O)C2(CCOCC2)c2ccc(Br)cc21. The molecule has 0 radical (unpaired) electrons. The van der Waals surface area contributed by atoms with Crippen LogP contribution in [0.5, 0.6) is 0 Å². The van der Waals surface area contributed by atoms with Crippen molar-refractivity contribution in [1.29, 1.82) is 0 Å². The Bertz CT molecular complexity index is 480. The highest BCUT2D eigenvalue weighted by atomic mass is 79.9. The van der Waals surface area contributed by atoms with Gasteiger partial charge < -0.3 is 9.64 Å². The summed E-state index contributed by atoms with van der Waals surface area (Å²) in [7, 11) is 1.86. The minimum Gasteiger partial charge on any atom is -0.381 e. The van der Waals surface area contributed by atoms with Crippen LogP contribution in [-0.4, -0.2) is 26.2 Å². The Labute approximate surface area is 109 Å². The van der Waals surface area contributed by atoms with Gasteiger partial charge >= 0.3 is 0 Å². The minimum absolute atomic E-state index is 0.217. The van der Waals surface area contributed by atoms with Gasteiger partial charge in [-0.3, -0.25) is 4.79 Å². The maximum Gasteiger partial charge on any atom is 0.237 e. The molecule has 1 amide bonds. The summed E-state index contributed by atoms with van der Waals surface area (Å²) in [6.45, 7) is 1.35. The molecule has 1 aromatic carbocycles. The second kappa shape index (κ2) is 3.82. The Morgan fingerprint density at radius 2 is 2.06 bits per heavy atom. The van der Waals surface area contributed by atoms with Crippen LogP contribution in [-0.2, 0) is 14.9 Å². The molecule has 90 valence electrons. The van der Waals surface area contributed by atoms with Crippen LogP contribution in [0.15, 0.2) is 22.7 Å². The van der Waals surface area contributed by atoms with Crippen molar-refractivity contribution < 1.29 is 9.53 Å². The Kier molecular flexibility index (Phi) is 2.52. The molecule has 1 spiro atoms. The highest BCUT2D eigenvalue weighted by Crippen LogP contribution is 2.47. The number of benzene rings is 1. The maximum absolute atomic E-state index is 12.5. The summed E-state index contributed by atoms with van der Waals surface area (Å²) in [5.74, 6) is 0.217. The van der Waals surface area contributed by atoms with Crippen LogP contribution in [0.1, 0.15) is 18.4 Å². The molecule has 0 aliphatic carbocycles. The number of nitrogens with zero attached hydrogens (tertiary/aromatic N) is 1. The van der Waals surface area contributed by atoms with Crippen molar-refractivity contribution in [3.63, 3.8) is 0 Å². The second-order valence-corrected chi connectivity index (χ2v) is 5.64. The van der Waals surface area contributed by atoms with Gasteiger partial charge in [0.1, 0.15) is 0 Å². The van der Waals surface area contributed by atoms with Crippen LogP contribution in [0.3, 0.4) is 0 Å². The van der Waals surface area contributed by atoms with Gasteiger partial charge in [-0.2, -0.15) is 0 Å². The fourth-order valence-electron chi connectivity index (χ4n) is 2.94. The number of hydrogen-bond acceptors (Lipinski definition) is 2. The lowest BCUT2D eigenvalue weighted by Crippen LogP contribution is -2.42. The molecule has 0 atom stereocenters. The van der Waals surface area contributed by atoms with Gasteiger partial charge in [0.05, 0.1) is 5.41 Å². The van der Waals surface area contributed by atoms with Crippen molar-refractivity contribution in [3.8, 4) is 0 Å². The van der Waals surface area contributed by atoms with E-state index in [9.17, 15) is 4.79 Å². The summed E-state index contributed by atoms with van der Waals surface area (Å²) in [6, 6.07) is 6.12. The van der Waals surface area contributed by atoms with Crippen LogP contribution in [0.4, 0.5) is 5.69 Å². The van der Waals surface area contributed by atoms with Crippen LogP contribution < -0.4 is 4.90 Å². The van der Waals surface area contributed by atoms with Gasteiger partial charge in [0.25, 0.3) is 0 Å². The first kappa shape index (κ1) is 11.2. The largest absolute Gasteiger partial charge is 0.381 e. The lowest BCUT2D eigenvalue weighted by Gasteiger charge is -2.32. The molecule has 0 N–H and O–H groups in total. The molecule has 0 saturated carbocycles. The Morgan fingerprint density at radius 1 is 1.35 bits per heavy atom. The van der Waals surface area contributed by atoms with E-state index in [0.29, 0.717) is 13.2 Å². The van der Waals surface area contributed by atoms with Gasteiger partial charge in [-0.25, -0.2) is 0 Å². The number of likely N-dealkylation sites (N-methyl/N-ethyl adjacent to an activating group) is 1. The molecule has 2 aliphatic rings. The fourth-order valence-corrected chi connectivity index (χ4v) is 3.28. The predicted molar refractivity (Wildman–Crippen MR) is 69.3 cm³/mol. The third kappa shape index (κ3) is 1.47. The van der Waals surface area contributed by atoms with Gasteiger partial charge in [-0.15, -0.1) is 0 Å². The summed E-state index contributed by atoms with van der Waals surface area (Å²) in [5, 5.41) is 0. The Morgan fingerprint density at radius 3 is 2.76 bits per heavy atom. The van der Waals surface area contributed by atoms with E-state index in [4.69, 9.17) is 4.74 Å². The summed E-state index contributed by atoms with van der Waals surface area (Å²) < 4.78 is 6.41. The van der Waals surface area contributed by atoms with Gasteiger partial charge in [0, 0.05) is 30.4 Å². The Hall–Kier alpha value is -0.870. The summed E-state index contributed by atoms with van der Waals surface area (Å²) in [4.78, 5) is 14.3. The smallest absolute Gasteiger partial charge is 0.237 e. The first-order chi connectivity index (χ1) is 8.15. The predicted octanol–water partition coefficient (Wildman–Crippen LogP) is 2.47. The number of amides is 1. The number of halogens is 1. The molecule has 0 unspecified atom stereocenters. The van der Waals surface area contributed by atoms with Gasteiger partial charge in [0.2, 0.25) is 5.91 Å². The lowest BCUT2D eigenvalue weighted by molar-refractivity contribution is -0.126. The highest BCUT2D eigenvalue weighted by Gasteiger charge is 2.50. The molecule has 4 heteroatoms. The van der Waals surface area contributed by atoms with Gasteiger partial charge in [-0.05, 0) is 30.5 Å². The molecule has 3 nitrogen and oxygen atoms in total. The van der Waals surface area contributed by atoms with E-state index in [2.05, 4.69) is 22.0 Å². The average molecular weight is 296 g/mol. The van der Waals surface area contributed by atoms with Crippen molar-refractivity contribution in [1.82, 2.24) is 0 Å². The molecular formula is C13H14BrNO2. The van der Waals surface area contributed by atoms with E-state index in [1.807, 2.05) is 19.2 Å². The number of anilines is 1. The van der Waals surface area contributed by atoms with Crippen molar-refractivity contribution >= 4 is 27.5 Å². The molecule has 2 aliphatic heterocycles. The zero-order valence-corrected chi connectivity index (χ0v) is 11.3. The van der Waals surface area contributed by atoms with Crippen molar-refractivity contribution in [3.05, 3.63) is 28.2 Å². The normalized spacial score (nSPS) is 22.0. The molecular weight excluding hydrogens is 282 g/mol. The zero-order chi connectivity index (χ0) is 12.0. The van der Waals surface area contributed by atoms with Crippen LogP contribution in [0.2, 0.25) is 0 Å². The minimum atomic E-state index is -0.330. The van der Waals surface area contributed by atoms with E-state index in [-0.39, 0.29) is 11.3 Å². The number of hydrogen-bond donors (Lipinski definition) is 0. The van der Waals surface area contributed by atoms with E-state index in [1.165, 1.54) is 0 Å². The number of carbonyl (C=O) groups is 1. The molecule has 1 aromatic rings. The topological polar surface area (TPSA) is 29.5 Å². The molecule has 17 heavy (non-hydrogen) atoms. The van der Waals surface area contributed by atoms with Crippen LogP contribution in [0.25, 0.3) is 0 Å². The molecule has 0 aromatic heterocycles. The quantitative estimate of drug-likeness (QED) is 0.736. The van der Waals surface area contributed by atoms with Crippen molar-refractivity contribution in [2.45, 2.75) is 18.3 Å². The zero-order valence-electron chi connectivity index (χ0n) is 9.70. The van der Waals surface area contributed by atoms with E-state index in [0.717, 1.165) is 28.6 Å². The van der Waals surface area contributed by atoms with Crippen molar-refractivity contribution in [2.24, 2.45) is 0 Å². The average Bonchev–Trinajstić information content (AvgIpc) is 2.54. The first-order valence-corrected chi connectivity index (χ1v) is 6.60. The Balaban J connectivity index is 2.16. The van der Waals surface area contributed by atoms with E-state index < -0.39 is 0 Å². The lowest BCUT2D eigenvalue weighted by atomic mass is 9.75. The molecule has 2 heterocycles. The molecule has 1 fully saturated rings. The third-order valence-electron chi connectivity index (χ3n) is 3.90. The third-order valence-corrected chi connectivity index (χ3v) is 4.39. The summed E-state index contributed by atoms with van der Waals surface area (Å²) in [5.41, 5.74) is 1.87.